The fourth-order valence-electron chi connectivity index (χ4n) is 1.03. The van der Waals surface area contributed by atoms with Crippen LogP contribution in [-0.2, 0) is 0 Å². The van der Waals surface area contributed by atoms with Crippen LogP contribution in [0.5, 0.6) is 5.75 Å². The molecule has 1 aromatic rings. The van der Waals surface area contributed by atoms with E-state index in [-0.39, 0.29) is 11.9 Å². The molecule has 0 saturated carbocycles. The smallest absolute Gasteiger partial charge is 0.168 e. The van der Waals surface area contributed by atoms with Crippen molar-refractivity contribution in [1.29, 1.82) is 0 Å². The highest BCUT2D eigenvalue weighted by Crippen LogP contribution is 2.26. The highest BCUT2D eigenvalue weighted by molar-refractivity contribution is 14.1. The number of hydrogen-bond acceptors (Lipinski definition) is 1. The van der Waals surface area contributed by atoms with E-state index in [0.29, 0.717) is 5.75 Å². The van der Waals surface area contributed by atoms with Gasteiger partial charge in [0.1, 0.15) is 0 Å². The van der Waals surface area contributed by atoms with Gasteiger partial charge in [0.05, 0.1) is 9.67 Å². The molecule has 1 nitrogen and oxygen atoms in total. The molecule has 0 aliphatic heterocycles. The lowest BCUT2D eigenvalue weighted by atomic mass is 10.2. The minimum Gasteiger partial charge on any atom is -0.487 e. The van der Waals surface area contributed by atoms with E-state index < -0.39 is 0 Å². The summed E-state index contributed by atoms with van der Waals surface area (Å²) in [7, 11) is 0. The van der Waals surface area contributed by atoms with Crippen LogP contribution in [0.1, 0.15) is 19.4 Å². The molecular formula is C10H12FIO. The topological polar surface area (TPSA) is 9.23 Å². The van der Waals surface area contributed by atoms with E-state index in [1.807, 2.05) is 26.8 Å². The Bertz CT molecular complexity index is 287. The van der Waals surface area contributed by atoms with E-state index in [0.717, 1.165) is 9.13 Å². The van der Waals surface area contributed by atoms with Crippen molar-refractivity contribution in [2.24, 2.45) is 0 Å². The van der Waals surface area contributed by atoms with Crippen molar-refractivity contribution in [2.45, 2.75) is 26.9 Å². The fraction of sp³-hybridized carbons (Fsp3) is 0.400. The largest absolute Gasteiger partial charge is 0.487 e. The van der Waals surface area contributed by atoms with Gasteiger partial charge in [-0.15, -0.1) is 0 Å². The number of rotatable bonds is 2. The number of hydrogen-bond donors (Lipinski definition) is 0. The molecule has 72 valence electrons. The summed E-state index contributed by atoms with van der Waals surface area (Å²) in [5, 5.41) is 0. The molecule has 0 radical (unpaired) electrons. The monoisotopic (exact) mass is 294 g/mol. The van der Waals surface area contributed by atoms with Gasteiger partial charge in [-0.1, -0.05) is 0 Å². The molecule has 0 bridgehead atoms. The Hall–Kier alpha value is -0.320. The first-order valence-corrected chi connectivity index (χ1v) is 5.21. The number of benzene rings is 1. The second kappa shape index (κ2) is 4.26. The standard InChI is InChI=1S/C10H12FIO/c1-6(2)13-10-8(11)4-7(3)5-9(10)12/h4-6H,1-3H3. The van der Waals surface area contributed by atoms with Crippen molar-refractivity contribution in [3.05, 3.63) is 27.1 Å². The predicted molar refractivity (Wildman–Crippen MR) is 59.6 cm³/mol. The zero-order valence-electron chi connectivity index (χ0n) is 7.90. The van der Waals surface area contributed by atoms with Crippen molar-refractivity contribution >= 4 is 22.6 Å². The van der Waals surface area contributed by atoms with Crippen molar-refractivity contribution in [3.63, 3.8) is 0 Å². The minimum absolute atomic E-state index is 0.00530. The van der Waals surface area contributed by atoms with Crippen LogP contribution in [0.2, 0.25) is 0 Å². The maximum atomic E-state index is 13.3. The fourth-order valence-corrected chi connectivity index (χ4v) is 1.91. The van der Waals surface area contributed by atoms with Gasteiger partial charge in [-0.2, -0.15) is 0 Å². The molecule has 1 aromatic carbocycles. The Kier molecular flexibility index (Phi) is 3.53. The van der Waals surface area contributed by atoms with E-state index >= 15 is 0 Å². The van der Waals surface area contributed by atoms with Crippen LogP contribution in [0.3, 0.4) is 0 Å². The van der Waals surface area contributed by atoms with Crippen molar-refractivity contribution in [2.75, 3.05) is 0 Å². The minimum atomic E-state index is -0.280. The predicted octanol–water partition coefficient (Wildman–Crippen LogP) is 3.53. The van der Waals surface area contributed by atoms with Crippen molar-refractivity contribution < 1.29 is 9.13 Å². The third kappa shape index (κ3) is 2.83. The van der Waals surface area contributed by atoms with Crippen LogP contribution < -0.4 is 4.74 Å². The summed E-state index contributed by atoms with van der Waals surface area (Å²) in [6.07, 6.45) is 0.00530. The van der Waals surface area contributed by atoms with Gasteiger partial charge >= 0.3 is 0 Å². The third-order valence-electron chi connectivity index (χ3n) is 1.50. The molecule has 0 heterocycles. The zero-order chi connectivity index (χ0) is 10.0. The molecular weight excluding hydrogens is 282 g/mol. The molecule has 0 unspecified atom stereocenters. The Labute approximate surface area is 91.4 Å². The Morgan fingerprint density at radius 1 is 1.38 bits per heavy atom. The highest BCUT2D eigenvalue weighted by Gasteiger charge is 2.10. The van der Waals surface area contributed by atoms with Gasteiger partial charge in [-0.3, -0.25) is 0 Å². The first-order chi connectivity index (χ1) is 6.00. The van der Waals surface area contributed by atoms with Gasteiger partial charge in [-0.25, -0.2) is 4.39 Å². The Morgan fingerprint density at radius 3 is 2.46 bits per heavy atom. The highest BCUT2D eigenvalue weighted by atomic mass is 127. The molecule has 0 atom stereocenters. The van der Waals surface area contributed by atoms with Crippen LogP contribution in [-0.4, -0.2) is 6.10 Å². The summed E-state index contributed by atoms with van der Waals surface area (Å²) in [4.78, 5) is 0. The van der Waals surface area contributed by atoms with Crippen molar-refractivity contribution in [3.8, 4) is 5.75 Å². The molecule has 0 aliphatic carbocycles. The molecule has 0 aliphatic rings. The molecule has 0 aromatic heterocycles. The number of ether oxygens (including phenoxy) is 1. The van der Waals surface area contributed by atoms with Gasteiger partial charge in [-0.05, 0) is 61.1 Å². The summed E-state index contributed by atoms with van der Waals surface area (Å²) in [5.41, 5.74) is 0.915. The average Bonchev–Trinajstić information content (AvgIpc) is 1.96. The van der Waals surface area contributed by atoms with Gasteiger partial charge in [0.2, 0.25) is 0 Å². The lowest BCUT2D eigenvalue weighted by Crippen LogP contribution is -2.08. The number of aryl methyl sites for hydroxylation is 1. The second-order valence-electron chi connectivity index (χ2n) is 3.22. The molecule has 0 spiro atoms. The molecule has 0 saturated heterocycles. The number of halogens is 2. The van der Waals surface area contributed by atoms with Crippen LogP contribution in [0.25, 0.3) is 0 Å². The maximum absolute atomic E-state index is 13.3. The first-order valence-electron chi connectivity index (χ1n) is 4.13. The van der Waals surface area contributed by atoms with E-state index in [1.54, 1.807) is 0 Å². The van der Waals surface area contributed by atoms with Crippen LogP contribution in [0.15, 0.2) is 12.1 Å². The molecule has 3 heteroatoms. The van der Waals surface area contributed by atoms with E-state index in [2.05, 4.69) is 22.6 Å². The SMILES string of the molecule is Cc1cc(F)c(OC(C)C)c(I)c1. The van der Waals surface area contributed by atoms with Crippen LogP contribution in [0, 0.1) is 16.3 Å². The normalized spacial score (nSPS) is 10.6. The summed E-state index contributed by atoms with van der Waals surface area (Å²) >= 11 is 2.08. The third-order valence-corrected chi connectivity index (χ3v) is 2.30. The summed E-state index contributed by atoms with van der Waals surface area (Å²) in [6.45, 7) is 5.63. The van der Waals surface area contributed by atoms with E-state index in [9.17, 15) is 4.39 Å². The maximum Gasteiger partial charge on any atom is 0.168 e. The summed E-state index contributed by atoms with van der Waals surface area (Å²) < 4.78 is 19.5. The molecule has 0 amide bonds. The first kappa shape index (κ1) is 10.8. The van der Waals surface area contributed by atoms with E-state index in [1.165, 1.54) is 6.07 Å². The quantitative estimate of drug-likeness (QED) is 0.758. The Balaban J connectivity index is 3.06. The van der Waals surface area contributed by atoms with Gasteiger partial charge in [0.15, 0.2) is 11.6 Å². The molecule has 0 fully saturated rings. The molecule has 0 N–H and O–H groups in total. The Morgan fingerprint density at radius 2 is 2.00 bits per heavy atom. The van der Waals surface area contributed by atoms with Crippen LogP contribution >= 0.6 is 22.6 Å². The summed E-state index contributed by atoms with van der Waals surface area (Å²) in [5.74, 6) is 0.0827. The molecule has 13 heavy (non-hydrogen) atoms. The van der Waals surface area contributed by atoms with Gasteiger partial charge < -0.3 is 4.74 Å². The van der Waals surface area contributed by atoms with Gasteiger partial charge in [0.25, 0.3) is 0 Å². The molecule has 1 rings (SSSR count). The lowest BCUT2D eigenvalue weighted by Gasteiger charge is -2.12. The lowest BCUT2D eigenvalue weighted by molar-refractivity contribution is 0.229. The second-order valence-corrected chi connectivity index (χ2v) is 4.39. The van der Waals surface area contributed by atoms with Crippen molar-refractivity contribution in [1.82, 2.24) is 0 Å². The summed E-state index contributed by atoms with van der Waals surface area (Å²) in [6, 6.07) is 3.39. The zero-order valence-corrected chi connectivity index (χ0v) is 10.1. The average molecular weight is 294 g/mol. The van der Waals surface area contributed by atoms with Crippen LogP contribution in [0.4, 0.5) is 4.39 Å². The van der Waals surface area contributed by atoms with Gasteiger partial charge in [0, 0.05) is 0 Å². The van der Waals surface area contributed by atoms with E-state index in [4.69, 9.17) is 4.74 Å².